The molecule has 0 aliphatic carbocycles. The third kappa shape index (κ3) is 4.71. The van der Waals surface area contributed by atoms with Crippen LogP contribution in [0.25, 0.3) is 0 Å². The fourth-order valence-corrected chi connectivity index (χ4v) is 3.21. The van der Waals surface area contributed by atoms with Crippen LogP contribution in [0.2, 0.25) is 0 Å². The van der Waals surface area contributed by atoms with Gasteiger partial charge in [0, 0.05) is 30.0 Å². The summed E-state index contributed by atoms with van der Waals surface area (Å²) in [6.07, 6.45) is 2.05. The Labute approximate surface area is 169 Å². The number of rotatable bonds is 6. The fraction of sp³-hybridized carbons (Fsp3) is 0.333. The van der Waals surface area contributed by atoms with Crippen molar-refractivity contribution in [2.75, 3.05) is 45.1 Å². The Kier molecular flexibility index (Phi) is 6.43. The van der Waals surface area contributed by atoms with Crippen LogP contribution in [0.1, 0.15) is 23.2 Å². The highest BCUT2D eigenvalue weighted by Crippen LogP contribution is 2.38. The van der Waals surface area contributed by atoms with E-state index in [1.54, 1.807) is 41.3 Å². The number of benzene rings is 2. The molecule has 2 aromatic rings. The molecule has 0 spiro atoms. The lowest BCUT2D eigenvalue weighted by atomic mass is 10.1. The number of carbonyl (C=O) groups is 2. The van der Waals surface area contributed by atoms with Gasteiger partial charge in [0.2, 0.25) is 5.75 Å². The predicted molar refractivity (Wildman–Crippen MR) is 110 cm³/mol. The Morgan fingerprint density at radius 3 is 2.00 bits per heavy atom. The summed E-state index contributed by atoms with van der Waals surface area (Å²) in [5.41, 5.74) is 1.53. The number of methoxy groups -OCH3 is 3. The number of hydrogen-bond donors (Lipinski definition) is 2. The van der Waals surface area contributed by atoms with Crippen molar-refractivity contribution < 1.29 is 23.8 Å². The Balaban J connectivity index is 1.74. The molecule has 0 atom stereocenters. The van der Waals surface area contributed by atoms with E-state index in [2.05, 4.69) is 10.6 Å². The number of carbonyl (C=O) groups excluding carboxylic acids is 2. The summed E-state index contributed by atoms with van der Waals surface area (Å²) in [7, 11) is 4.49. The summed E-state index contributed by atoms with van der Waals surface area (Å²) < 4.78 is 15.9. The number of urea groups is 1. The maximum Gasteiger partial charge on any atom is 0.321 e. The number of likely N-dealkylation sites (tertiary alicyclic amines) is 1. The van der Waals surface area contributed by atoms with Crippen LogP contribution in [-0.2, 0) is 0 Å². The maximum atomic E-state index is 12.7. The van der Waals surface area contributed by atoms with Crippen molar-refractivity contribution in [3.8, 4) is 17.2 Å². The average Bonchev–Trinajstić information content (AvgIpc) is 3.28. The first-order valence-electron chi connectivity index (χ1n) is 9.33. The van der Waals surface area contributed by atoms with Gasteiger partial charge in [0.15, 0.2) is 11.5 Å². The zero-order valence-corrected chi connectivity index (χ0v) is 16.8. The predicted octanol–water partition coefficient (Wildman–Crippen LogP) is 3.59. The van der Waals surface area contributed by atoms with Crippen LogP contribution in [0, 0.1) is 0 Å². The third-order valence-electron chi connectivity index (χ3n) is 4.69. The van der Waals surface area contributed by atoms with Crippen molar-refractivity contribution in [1.82, 2.24) is 4.90 Å². The second-order valence-corrected chi connectivity index (χ2v) is 6.57. The lowest BCUT2D eigenvalue weighted by Gasteiger charge is -2.17. The van der Waals surface area contributed by atoms with Crippen molar-refractivity contribution in [2.24, 2.45) is 0 Å². The molecule has 0 radical (unpaired) electrons. The third-order valence-corrected chi connectivity index (χ3v) is 4.69. The molecule has 2 N–H and O–H groups in total. The molecule has 8 heteroatoms. The van der Waals surface area contributed by atoms with E-state index < -0.39 is 0 Å². The van der Waals surface area contributed by atoms with Gasteiger partial charge in [-0.2, -0.15) is 0 Å². The molecular formula is C21H25N3O5. The quantitative estimate of drug-likeness (QED) is 0.775. The first-order valence-corrected chi connectivity index (χ1v) is 9.33. The summed E-state index contributed by atoms with van der Waals surface area (Å²) in [4.78, 5) is 26.8. The van der Waals surface area contributed by atoms with Crippen molar-refractivity contribution >= 4 is 23.3 Å². The van der Waals surface area contributed by atoms with Gasteiger partial charge < -0.3 is 29.7 Å². The molecule has 1 aliphatic heterocycles. The smallest absolute Gasteiger partial charge is 0.321 e. The zero-order chi connectivity index (χ0) is 20.8. The minimum absolute atomic E-state index is 0.129. The molecule has 1 heterocycles. The van der Waals surface area contributed by atoms with Crippen molar-refractivity contribution in [3.63, 3.8) is 0 Å². The summed E-state index contributed by atoms with van der Waals surface area (Å²) in [6.45, 7) is 1.53. The number of nitrogens with one attached hydrogen (secondary N) is 2. The Bertz CT molecular complexity index is 869. The van der Waals surface area contributed by atoms with Crippen LogP contribution >= 0.6 is 0 Å². The second-order valence-electron chi connectivity index (χ2n) is 6.57. The van der Waals surface area contributed by atoms with Crippen LogP contribution in [0.5, 0.6) is 17.2 Å². The summed E-state index contributed by atoms with van der Waals surface area (Å²) in [5.74, 6) is 0.859. The van der Waals surface area contributed by atoms with E-state index in [1.165, 1.54) is 21.3 Å². The molecule has 2 aromatic carbocycles. The van der Waals surface area contributed by atoms with E-state index in [9.17, 15) is 9.59 Å². The first-order chi connectivity index (χ1) is 14.0. The molecule has 29 heavy (non-hydrogen) atoms. The Morgan fingerprint density at radius 1 is 0.862 bits per heavy atom. The second kappa shape index (κ2) is 9.18. The van der Waals surface area contributed by atoms with Gasteiger partial charge in [-0.1, -0.05) is 6.07 Å². The average molecular weight is 399 g/mol. The van der Waals surface area contributed by atoms with Crippen LogP contribution in [-0.4, -0.2) is 51.3 Å². The zero-order valence-electron chi connectivity index (χ0n) is 16.8. The number of nitrogens with zero attached hydrogens (tertiary/aromatic N) is 1. The normalized spacial score (nSPS) is 13.0. The monoisotopic (exact) mass is 399 g/mol. The minimum Gasteiger partial charge on any atom is -0.493 e. The summed E-state index contributed by atoms with van der Waals surface area (Å²) >= 11 is 0. The van der Waals surface area contributed by atoms with Gasteiger partial charge in [0.05, 0.1) is 21.3 Å². The van der Waals surface area contributed by atoms with Crippen LogP contribution in [0.4, 0.5) is 16.2 Å². The van der Waals surface area contributed by atoms with E-state index in [-0.39, 0.29) is 11.9 Å². The molecule has 8 nitrogen and oxygen atoms in total. The van der Waals surface area contributed by atoms with Gasteiger partial charge in [0.1, 0.15) is 0 Å². The molecule has 0 bridgehead atoms. The number of amides is 3. The molecule has 3 amide bonds. The van der Waals surface area contributed by atoms with Crippen LogP contribution < -0.4 is 24.8 Å². The van der Waals surface area contributed by atoms with E-state index in [0.29, 0.717) is 34.2 Å². The molecule has 1 saturated heterocycles. The lowest BCUT2D eigenvalue weighted by molar-refractivity contribution is 0.102. The maximum absolute atomic E-state index is 12.7. The molecule has 0 saturated carbocycles. The van der Waals surface area contributed by atoms with Crippen LogP contribution in [0.3, 0.4) is 0 Å². The summed E-state index contributed by atoms with van der Waals surface area (Å²) in [6, 6.07) is 10.0. The summed E-state index contributed by atoms with van der Waals surface area (Å²) in [5, 5.41) is 5.69. The molecule has 1 aliphatic rings. The largest absolute Gasteiger partial charge is 0.493 e. The van der Waals surface area contributed by atoms with Gasteiger partial charge in [-0.05, 0) is 43.2 Å². The lowest BCUT2D eigenvalue weighted by Crippen LogP contribution is -2.32. The molecule has 154 valence electrons. The highest BCUT2D eigenvalue weighted by Gasteiger charge is 2.19. The van der Waals surface area contributed by atoms with Crippen molar-refractivity contribution in [2.45, 2.75) is 12.8 Å². The molecule has 0 aromatic heterocycles. The van der Waals surface area contributed by atoms with Crippen molar-refractivity contribution in [1.29, 1.82) is 0 Å². The molecule has 0 unspecified atom stereocenters. The van der Waals surface area contributed by atoms with E-state index in [1.807, 2.05) is 0 Å². The van der Waals surface area contributed by atoms with E-state index in [4.69, 9.17) is 14.2 Å². The van der Waals surface area contributed by atoms with Gasteiger partial charge in [-0.3, -0.25) is 4.79 Å². The SMILES string of the molecule is COc1cc(C(=O)Nc2cccc(NC(=O)N3CCCC3)c2)cc(OC)c1OC. The van der Waals surface area contributed by atoms with Crippen LogP contribution in [0.15, 0.2) is 36.4 Å². The highest BCUT2D eigenvalue weighted by molar-refractivity contribution is 6.05. The molecule has 1 fully saturated rings. The molecule has 3 rings (SSSR count). The minimum atomic E-state index is -0.340. The van der Waals surface area contributed by atoms with Gasteiger partial charge in [0.25, 0.3) is 5.91 Å². The number of ether oxygens (including phenoxy) is 3. The Hall–Kier alpha value is -3.42. The van der Waals surface area contributed by atoms with Gasteiger partial charge in [-0.25, -0.2) is 4.79 Å². The number of anilines is 2. The molecular weight excluding hydrogens is 374 g/mol. The van der Waals surface area contributed by atoms with E-state index >= 15 is 0 Å². The first kappa shape index (κ1) is 20.3. The number of hydrogen-bond acceptors (Lipinski definition) is 5. The fourth-order valence-electron chi connectivity index (χ4n) is 3.21. The van der Waals surface area contributed by atoms with E-state index in [0.717, 1.165) is 25.9 Å². The highest BCUT2D eigenvalue weighted by atomic mass is 16.5. The van der Waals surface area contributed by atoms with Gasteiger partial charge in [-0.15, -0.1) is 0 Å². The van der Waals surface area contributed by atoms with Crippen molar-refractivity contribution in [3.05, 3.63) is 42.0 Å². The topological polar surface area (TPSA) is 89.1 Å². The standard InChI is InChI=1S/C21H25N3O5/c1-27-17-11-14(12-18(28-2)19(17)29-3)20(25)22-15-7-6-8-16(13-15)23-21(26)24-9-4-5-10-24/h6-8,11-13H,4-5,9-10H2,1-3H3,(H,22,25)(H,23,26). The van der Waals surface area contributed by atoms with Gasteiger partial charge >= 0.3 is 6.03 Å². The Morgan fingerprint density at radius 2 is 1.45 bits per heavy atom.